The molecule has 0 atom stereocenters. The number of ketones is 1. The van der Waals surface area contributed by atoms with Crippen LogP contribution in [0.25, 0.3) is 0 Å². The van der Waals surface area contributed by atoms with E-state index in [0.29, 0.717) is 24.0 Å². The van der Waals surface area contributed by atoms with Crippen molar-refractivity contribution in [2.75, 3.05) is 32.8 Å². The van der Waals surface area contributed by atoms with Crippen LogP contribution in [0.3, 0.4) is 0 Å². The molecule has 6 heteroatoms. The van der Waals surface area contributed by atoms with Gasteiger partial charge in [0, 0.05) is 38.0 Å². The van der Waals surface area contributed by atoms with E-state index in [-0.39, 0.29) is 30.5 Å². The van der Waals surface area contributed by atoms with Crippen LogP contribution in [0.5, 0.6) is 5.75 Å². The Labute approximate surface area is 161 Å². The fraction of sp³-hybridized carbons (Fsp3) is 0.600. The smallest absolute Gasteiger partial charge is 0.223 e. The average Bonchev–Trinajstić information content (AvgIpc) is 3.09. The Morgan fingerprint density at radius 1 is 1.12 bits per heavy atom. The number of ether oxygens (including phenoxy) is 1. The Hall–Kier alpha value is -1.59. The van der Waals surface area contributed by atoms with Crippen LogP contribution < -0.4 is 10.1 Å². The van der Waals surface area contributed by atoms with E-state index in [9.17, 15) is 9.59 Å². The van der Waals surface area contributed by atoms with Crippen molar-refractivity contribution in [2.24, 2.45) is 5.41 Å². The number of piperidine rings is 1. The first-order chi connectivity index (χ1) is 12.1. The molecule has 2 aliphatic heterocycles. The molecule has 2 fully saturated rings. The zero-order valence-corrected chi connectivity index (χ0v) is 16.3. The van der Waals surface area contributed by atoms with Crippen LogP contribution in [-0.2, 0) is 4.79 Å². The maximum absolute atomic E-state index is 12.4. The Morgan fingerprint density at radius 2 is 1.81 bits per heavy atom. The SMILES string of the molecule is CCOc1ccc(C(=O)CCC(=O)N2CCC3(CCNC3)CC2)cc1.Cl. The molecule has 0 bridgehead atoms. The summed E-state index contributed by atoms with van der Waals surface area (Å²) in [6.45, 7) is 6.39. The lowest BCUT2D eigenvalue weighted by atomic mass is 9.78. The van der Waals surface area contributed by atoms with Gasteiger partial charge in [-0.1, -0.05) is 0 Å². The molecule has 0 unspecified atom stereocenters. The Morgan fingerprint density at radius 3 is 2.38 bits per heavy atom. The van der Waals surface area contributed by atoms with Gasteiger partial charge in [0.1, 0.15) is 5.75 Å². The largest absolute Gasteiger partial charge is 0.494 e. The first-order valence-corrected chi connectivity index (χ1v) is 9.36. The summed E-state index contributed by atoms with van der Waals surface area (Å²) in [6.07, 6.45) is 3.97. The van der Waals surface area contributed by atoms with Gasteiger partial charge in [0.15, 0.2) is 5.78 Å². The van der Waals surface area contributed by atoms with E-state index in [4.69, 9.17) is 4.74 Å². The highest BCUT2D eigenvalue weighted by atomic mass is 35.5. The van der Waals surface area contributed by atoms with E-state index in [1.165, 1.54) is 6.42 Å². The number of rotatable bonds is 6. The highest BCUT2D eigenvalue weighted by Gasteiger charge is 2.37. The maximum atomic E-state index is 12.4. The summed E-state index contributed by atoms with van der Waals surface area (Å²) in [5, 5.41) is 3.44. The Bertz CT molecular complexity index is 602. The van der Waals surface area contributed by atoms with Gasteiger partial charge < -0.3 is 15.0 Å². The molecule has 2 aliphatic rings. The van der Waals surface area contributed by atoms with Crippen LogP contribution in [0, 0.1) is 5.41 Å². The standard InChI is InChI=1S/C20H28N2O3.ClH/c1-2-25-17-5-3-16(4-6-17)18(23)7-8-19(24)22-13-10-20(11-14-22)9-12-21-15-20;/h3-6,21H,2,7-15H2,1H3;1H. The van der Waals surface area contributed by atoms with Crippen molar-refractivity contribution in [3.05, 3.63) is 29.8 Å². The predicted octanol–water partition coefficient (Wildman–Crippen LogP) is 3.07. The highest BCUT2D eigenvalue weighted by Crippen LogP contribution is 2.37. The molecule has 0 aliphatic carbocycles. The van der Waals surface area contributed by atoms with Crippen molar-refractivity contribution in [2.45, 2.75) is 39.0 Å². The van der Waals surface area contributed by atoms with E-state index in [0.717, 1.165) is 44.8 Å². The van der Waals surface area contributed by atoms with Crippen molar-refractivity contribution in [3.63, 3.8) is 0 Å². The fourth-order valence-electron chi connectivity index (χ4n) is 3.88. The number of likely N-dealkylation sites (tertiary alicyclic amines) is 1. The summed E-state index contributed by atoms with van der Waals surface area (Å²) in [5.41, 5.74) is 1.06. The van der Waals surface area contributed by atoms with Crippen molar-refractivity contribution < 1.29 is 14.3 Å². The minimum Gasteiger partial charge on any atom is -0.494 e. The topological polar surface area (TPSA) is 58.6 Å². The number of amides is 1. The van der Waals surface area contributed by atoms with Gasteiger partial charge in [-0.3, -0.25) is 9.59 Å². The molecule has 2 saturated heterocycles. The zero-order valence-electron chi connectivity index (χ0n) is 15.5. The molecule has 0 aromatic heterocycles. The molecule has 1 N–H and O–H groups in total. The van der Waals surface area contributed by atoms with E-state index in [2.05, 4.69) is 5.32 Å². The molecular weight excluding hydrogens is 352 g/mol. The Balaban J connectivity index is 0.00000243. The van der Waals surface area contributed by atoms with Crippen LogP contribution >= 0.6 is 12.4 Å². The molecule has 0 saturated carbocycles. The summed E-state index contributed by atoms with van der Waals surface area (Å²) < 4.78 is 5.38. The van der Waals surface area contributed by atoms with Crippen LogP contribution in [0.1, 0.15) is 49.4 Å². The number of nitrogens with zero attached hydrogens (tertiary/aromatic N) is 1. The second-order valence-corrected chi connectivity index (χ2v) is 7.19. The van der Waals surface area contributed by atoms with Gasteiger partial charge in [-0.2, -0.15) is 0 Å². The van der Waals surface area contributed by atoms with E-state index in [1.807, 2.05) is 11.8 Å². The van der Waals surface area contributed by atoms with Crippen LogP contribution in [-0.4, -0.2) is 49.4 Å². The van der Waals surface area contributed by atoms with E-state index < -0.39 is 0 Å². The second kappa shape index (κ2) is 9.38. The number of benzene rings is 1. The number of hydrogen-bond donors (Lipinski definition) is 1. The van der Waals surface area contributed by atoms with Gasteiger partial charge >= 0.3 is 0 Å². The van der Waals surface area contributed by atoms with Crippen LogP contribution in [0.2, 0.25) is 0 Å². The minimum atomic E-state index is 0. The third-order valence-corrected chi connectivity index (χ3v) is 5.56. The first kappa shape index (κ1) is 20.7. The lowest BCUT2D eigenvalue weighted by molar-refractivity contribution is -0.133. The minimum absolute atomic E-state index is 0. The van der Waals surface area contributed by atoms with Gasteiger partial charge in [0.25, 0.3) is 0 Å². The van der Waals surface area contributed by atoms with Crippen LogP contribution in [0.4, 0.5) is 0 Å². The number of carbonyl (C=O) groups excluding carboxylic acids is 2. The van der Waals surface area contributed by atoms with Gasteiger partial charge in [-0.15, -0.1) is 12.4 Å². The van der Waals surface area contributed by atoms with Crippen molar-refractivity contribution >= 4 is 24.1 Å². The number of Topliss-reactive ketones (excluding diaryl/α,β-unsaturated/α-hetero) is 1. The molecule has 0 radical (unpaired) electrons. The Kier molecular flexibility index (Phi) is 7.47. The van der Waals surface area contributed by atoms with Gasteiger partial charge in [-0.05, 0) is 62.4 Å². The fourth-order valence-corrected chi connectivity index (χ4v) is 3.88. The van der Waals surface area contributed by atoms with E-state index >= 15 is 0 Å². The number of halogens is 1. The summed E-state index contributed by atoms with van der Waals surface area (Å²) >= 11 is 0. The van der Waals surface area contributed by atoms with Crippen molar-refractivity contribution in [3.8, 4) is 5.75 Å². The summed E-state index contributed by atoms with van der Waals surface area (Å²) in [6, 6.07) is 7.15. The summed E-state index contributed by atoms with van der Waals surface area (Å²) in [5.74, 6) is 0.892. The number of nitrogens with one attached hydrogen (secondary N) is 1. The van der Waals surface area contributed by atoms with Gasteiger partial charge in [0.05, 0.1) is 6.61 Å². The van der Waals surface area contributed by atoms with Gasteiger partial charge in [0.2, 0.25) is 5.91 Å². The second-order valence-electron chi connectivity index (χ2n) is 7.19. The lowest BCUT2D eigenvalue weighted by Gasteiger charge is -2.38. The monoisotopic (exact) mass is 380 g/mol. The molecular formula is C20H29ClN2O3. The summed E-state index contributed by atoms with van der Waals surface area (Å²) in [4.78, 5) is 26.6. The molecule has 26 heavy (non-hydrogen) atoms. The first-order valence-electron chi connectivity index (χ1n) is 9.36. The molecule has 2 heterocycles. The number of carbonyl (C=O) groups is 2. The number of hydrogen-bond acceptors (Lipinski definition) is 4. The zero-order chi connectivity index (χ0) is 17.7. The molecule has 1 aromatic carbocycles. The predicted molar refractivity (Wildman–Crippen MR) is 104 cm³/mol. The normalized spacial score (nSPS) is 18.4. The summed E-state index contributed by atoms with van der Waals surface area (Å²) in [7, 11) is 0. The molecule has 144 valence electrons. The molecule has 1 amide bonds. The molecule has 3 rings (SSSR count). The van der Waals surface area contributed by atoms with Gasteiger partial charge in [-0.25, -0.2) is 0 Å². The lowest BCUT2D eigenvalue weighted by Crippen LogP contribution is -2.44. The van der Waals surface area contributed by atoms with E-state index in [1.54, 1.807) is 24.3 Å². The average molecular weight is 381 g/mol. The third kappa shape index (κ3) is 4.98. The quantitative estimate of drug-likeness (QED) is 0.770. The van der Waals surface area contributed by atoms with Crippen molar-refractivity contribution in [1.82, 2.24) is 10.2 Å². The molecule has 1 spiro atoms. The maximum Gasteiger partial charge on any atom is 0.223 e. The van der Waals surface area contributed by atoms with Crippen molar-refractivity contribution in [1.29, 1.82) is 0 Å². The van der Waals surface area contributed by atoms with Crippen LogP contribution in [0.15, 0.2) is 24.3 Å². The molecule has 5 nitrogen and oxygen atoms in total. The third-order valence-electron chi connectivity index (χ3n) is 5.56. The molecule has 1 aromatic rings. The highest BCUT2D eigenvalue weighted by molar-refractivity contribution is 5.98.